The quantitative estimate of drug-likeness (QED) is 0.885. The third-order valence-corrected chi connectivity index (χ3v) is 2.41. The number of rotatable bonds is 4. The van der Waals surface area contributed by atoms with Crippen LogP contribution in [0.4, 0.5) is 10.5 Å². The molecule has 2 rings (SSSR count). The molecule has 0 saturated heterocycles. The van der Waals surface area contributed by atoms with Crippen molar-refractivity contribution in [2.45, 2.75) is 26.3 Å². The number of carbonyl (C=O) groups is 1. The molecule has 0 unspecified atom stereocenters. The van der Waals surface area contributed by atoms with E-state index in [1.54, 1.807) is 0 Å². The Bertz CT molecular complexity index is 537. The molecule has 2 amide bonds. The summed E-state index contributed by atoms with van der Waals surface area (Å²) in [6.07, 6.45) is 0. The minimum absolute atomic E-state index is 0.180. The number of hydrogen-bond acceptors (Lipinski definition) is 4. The molecule has 2 aromatic rings. The van der Waals surface area contributed by atoms with Gasteiger partial charge in [0.15, 0.2) is 0 Å². The monoisotopic (exact) mass is 260 g/mol. The molecule has 0 aliphatic carbocycles. The number of amides is 2. The van der Waals surface area contributed by atoms with E-state index < -0.39 is 0 Å². The van der Waals surface area contributed by atoms with Gasteiger partial charge in [0.2, 0.25) is 11.8 Å². The van der Waals surface area contributed by atoms with Gasteiger partial charge in [-0.05, 0) is 12.1 Å². The zero-order valence-electron chi connectivity index (χ0n) is 10.9. The molecule has 0 saturated carbocycles. The van der Waals surface area contributed by atoms with E-state index in [2.05, 4.69) is 20.8 Å². The topological polar surface area (TPSA) is 80.0 Å². The summed E-state index contributed by atoms with van der Waals surface area (Å²) < 4.78 is 5.38. The Morgan fingerprint density at radius 2 is 2.00 bits per heavy atom. The van der Waals surface area contributed by atoms with Gasteiger partial charge in [0.05, 0.1) is 6.54 Å². The lowest BCUT2D eigenvalue weighted by atomic mass is 10.2. The first-order valence-electron chi connectivity index (χ1n) is 6.07. The fourth-order valence-electron chi connectivity index (χ4n) is 1.42. The highest BCUT2D eigenvalue weighted by Crippen LogP contribution is 2.11. The zero-order chi connectivity index (χ0) is 13.7. The van der Waals surface area contributed by atoms with Crippen molar-refractivity contribution >= 4 is 11.7 Å². The number of nitrogens with one attached hydrogen (secondary N) is 2. The summed E-state index contributed by atoms with van der Waals surface area (Å²) in [7, 11) is 0. The first kappa shape index (κ1) is 13.1. The van der Waals surface area contributed by atoms with Gasteiger partial charge in [0.1, 0.15) is 0 Å². The van der Waals surface area contributed by atoms with E-state index in [-0.39, 0.29) is 18.5 Å². The number of nitrogens with zero attached hydrogens (tertiary/aromatic N) is 2. The van der Waals surface area contributed by atoms with Gasteiger partial charge in [0, 0.05) is 11.6 Å². The molecule has 100 valence electrons. The summed E-state index contributed by atoms with van der Waals surface area (Å²) in [6, 6.07) is 8.89. The van der Waals surface area contributed by atoms with Crippen LogP contribution in [-0.2, 0) is 6.54 Å². The number of aromatic nitrogens is 2. The minimum atomic E-state index is -0.310. The second kappa shape index (κ2) is 5.99. The Labute approximate surface area is 111 Å². The second-order valence-electron chi connectivity index (χ2n) is 4.36. The summed E-state index contributed by atoms with van der Waals surface area (Å²) >= 11 is 0. The molecule has 6 nitrogen and oxygen atoms in total. The zero-order valence-corrected chi connectivity index (χ0v) is 10.9. The highest BCUT2D eigenvalue weighted by atomic mass is 16.4. The lowest BCUT2D eigenvalue weighted by Crippen LogP contribution is -2.28. The van der Waals surface area contributed by atoms with Crippen LogP contribution >= 0.6 is 0 Å². The van der Waals surface area contributed by atoms with Crippen LogP contribution in [0.5, 0.6) is 0 Å². The molecular weight excluding hydrogens is 244 g/mol. The van der Waals surface area contributed by atoms with E-state index in [1.807, 2.05) is 44.2 Å². The molecule has 0 fully saturated rings. The summed E-state index contributed by atoms with van der Waals surface area (Å²) in [5.41, 5.74) is 0.730. The molecule has 1 aromatic heterocycles. The molecule has 0 aliphatic heterocycles. The van der Waals surface area contributed by atoms with Crippen molar-refractivity contribution < 1.29 is 9.21 Å². The number of para-hydroxylation sites is 1. The van der Waals surface area contributed by atoms with E-state index >= 15 is 0 Å². The molecule has 1 aromatic carbocycles. The highest BCUT2D eigenvalue weighted by molar-refractivity contribution is 5.88. The van der Waals surface area contributed by atoms with Gasteiger partial charge in [-0.15, -0.1) is 10.2 Å². The molecule has 2 N–H and O–H groups in total. The SMILES string of the molecule is CC(C)c1nnc(CNC(=O)Nc2ccccc2)o1. The van der Waals surface area contributed by atoms with Gasteiger partial charge in [-0.2, -0.15) is 0 Å². The van der Waals surface area contributed by atoms with E-state index in [4.69, 9.17) is 4.42 Å². The largest absolute Gasteiger partial charge is 0.423 e. The van der Waals surface area contributed by atoms with E-state index in [0.29, 0.717) is 11.8 Å². The van der Waals surface area contributed by atoms with Crippen LogP contribution in [0.15, 0.2) is 34.7 Å². The van der Waals surface area contributed by atoms with Crippen molar-refractivity contribution in [3.05, 3.63) is 42.1 Å². The number of anilines is 1. The number of benzene rings is 1. The molecule has 0 radical (unpaired) electrons. The van der Waals surface area contributed by atoms with E-state index in [9.17, 15) is 4.79 Å². The summed E-state index contributed by atoms with van der Waals surface area (Å²) in [5, 5.41) is 13.1. The number of urea groups is 1. The van der Waals surface area contributed by atoms with Gasteiger partial charge in [0.25, 0.3) is 0 Å². The van der Waals surface area contributed by atoms with Crippen molar-refractivity contribution in [1.82, 2.24) is 15.5 Å². The predicted molar refractivity (Wildman–Crippen MR) is 70.7 cm³/mol. The normalized spacial score (nSPS) is 10.5. The Balaban J connectivity index is 1.83. The van der Waals surface area contributed by atoms with E-state index in [1.165, 1.54) is 0 Å². The van der Waals surface area contributed by atoms with Crippen LogP contribution in [0.3, 0.4) is 0 Å². The van der Waals surface area contributed by atoms with Gasteiger partial charge >= 0.3 is 6.03 Å². The smallest absolute Gasteiger partial charge is 0.319 e. The van der Waals surface area contributed by atoms with Gasteiger partial charge in [-0.25, -0.2) is 4.79 Å². The standard InChI is InChI=1S/C13H16N4O2/c1-9(2)12-17-16-11(19-12)8-14-13(18)15-10-6-4-3-5-7-10/h3-7,9H,8H2,1-2H3,(H2,14,15,18). The van der Waals surface area contributed by atoms with Gasteiger partial charge < -0.3 is 15.1 Å². The minimum Gasteiger partial charge on any atom is -0.423 e. The fourth-order valence-corrected chi connectivity index (χ4v) is 1.42. The molecular formula is C13H16N4O2. The van der Waals surface area contributed by atoms with Crippen LogP contribution in [0.2, 0.25) is 0 Å². The third-order valence-electron chi connectivity index (χ3n) is 2.41. The van der Waals surface area contributed by atoms with Crippen molar-refractivity contribution in [3.8, 4) is 0 Å². The molecule has 6 heteroatoms. The first-order valence-corrected chi connectivity index (χ1v) is 6.07. The van der Waals surface area contributed by atoms with Crippen LogP contribution in [0, 0.1) is 0 Å². The second-order valence-corrected chi connectivity index (χ2v) is 4.36. The Hall–Kier alpha value is -2.37. The van der Waals surface area contributed by atoms with E-state index in [0.717, 1.165) is 5.69 Å². The summed E-state index contributed by atoms with van der Waals surface area (Å²) in [4.78, 5) is 11.6. The Morgan fingerprint density at radius 1 is 1.26 bits per heavy atom. The van der Waals surface area contributed by atoms with Crippen molar-refractivity contribution in [2.24, 2.45) is 0 Å². The maximum atomic E-state index is 11.6. The first-order chi connectivity index (χ1) is 9.15. The van der Waals surface area contributed by atoms with Crippen molar-refractivity contribution in [2.75, 3.05) is 5.32 Å². The van der Waals surface area contributed by atoms with Crippen LogP contribution in [0.25, 0.3) is 0 Å². The highest BCUT2D eigenvalue weighted by Gasteiger charge is 2.10. The van der Waals surface area contributed by atoms with Crippen molar-refractivity contribution in [3.63, 3.8) is 0 Å². The van der Waals surface area contributed by atoms with Crippen LogP contribution < -0.4 is 10.6 Å². The number of carbonyl (C=O) groups excluding carboxylic acids is 1. The molecule has 0 atom stereocenters. The molecule has 0 aliphatic rings. The van der Waals surface area contributed by atoms with Crippen molar-refractivity contribution in [1.29, 1.82) is 0 Å². The van der Waals surface area contributed by atoms with Gasteiger partial charge in [-0.1, -0.05) is 32.0 Å². The lowest BCUT2D eigenvalue weighted by molar-refractivity contribution is 0.250. The number of hydrogen-bond donors (Lipinski definition) is 2. The third kappa shape index (κ3) is 3.80. The average Bonchev–Trinajstić information content (AvgIpc) is 2.86. The summed E-state index contributed by atoms with van der Waals surface area (Å²) in [6.45, 7) is 4.14. The molecule has 0 bridgehead atoms. The molecule has 0 spiro atoms. The fraction of sp³-hybridized carbons (Fsp3) is 0.308. The average molecular weight is 260 g/mol. The summed E-state index contributed by atoms with van der Waals surface area (Å²) in [5.74, 6) is 1.14. The lowest BCUT2D eigenvalue weighted by Gasteiger charge is -2.05. The van der Waals surface area contributed by atoms with Gasteiger partial charge in [-0.3, -0.25) is 0 Å². The maximum Gasteiger partial charge on any atom is 0.319 e. The Kier molecular flexibility index (Phi) is 4.12. The molecule has 19 heavy (non-hydrogen) atoms. The van der Waals surface area contributed by atoms with Crippen LogP contribution in [-0.4, -0.2) is 16.2 Å². The van der Waals surface area contributed by atoms with Crippen LogP contribution in [0.1, 0.15) is 31.5 Å². The predicted octanol–water partition coefficient (Wildman–Crippen LogP) is 2.51. The molecule has 1 heterocycles. The maximum absolute atomic E-state index is 11.6. The Morgan fingerprint density at radius 3 is 2.63 bits per heavy atom.